The van der Waals surface area contributed by atoms with Crippen LogP contribution in [0.3, 0.4) is 0 Å². The van der Waals surface area contributed by atoms with Crippen molar-refractivity contribution in [3.63, 3.8) is 0 Å². The topological polar surface area (TPSA) is 237 Å². The number of carbonyl (C=O) groups excluding carboxylic acids is 4. The molecule has 0 fully saturated rings. The van der Waals surface area contributed by atoms with Crippen molar-refractivity contribution in [2.45, 2.75) is 363 Å². The molecule has 0 radical (unpaired) electrons. The first-order valence-electron chi connectivity index (χ1n) is 36.2. The number of carbonyl (C=O) groups is 4. The predicted molar refractivity (Wildman–Crippen MR) is 358 cm³/mol. The van der Waals surface area contributed by atoms with E-state index in [1.54, 1.807) is 0 Å². The first-order chi connectivity index (χ1) is 42.6. The number of phosphoric ester groups is 2. The van der Waals surface area contributed by atoms with Crippen LogP contribution in [0.5, 0.6) is 0 Å². The standard InChI is InChI=1S/C70H136O17P2/c1-9-63(8)49-41-33-24-20-21-27-37-45-53-70(75)87-66(57-81-68(73)51-43-35-29-28-32-40-48-62(6)7)59-85-89(78,79)83-55-64(71)54-82-88(76,77)84-58-65(86-69(74)52-44-36-26-19-15-17-23-31-39-47-61(4)5)56-80-67(72)50-42-34-25-18-14-12-10-11-13-16-22-30-38-46-60(2)3/h60-66,71H,9-59H2,1-8H3,(H,76,77)(H,78,79)/t63?,64-,65-,66-/m1/s1. The summed E-state index contributed by atoms with van der Waals surface area (Å²) >= 11 is 0. The Labute approximate surface area is 543 Å². The van der Waals surface area contributed by atoms with Crippen molar-refractivity contribution in [1.29, 1.82) is 0 Å². The Balaban J connectivity index is 5.24. The Morgan fingerprint density at radius 2 is 0.539 bits per heavy atom. The molecule has 0 aromatic carbocycles. The predicted octanol–water partition coefficient (Wildman–Crippen LogP) is 19.7. The highest BCUT2D eigenvalue weighted by Crippen LogP contribution is 2.45. The maximum Gasteiger partial charge on any atom is 0.472 e. The lowest BCUT2D eigenvalue weighted by Gasteiger charge is -2.21. The Morgan fingerprint density at radius 1 is 0.315 bits per heavy atom. The zero-order valence-electron chi connectivity index (χ0n) is 58.1. The molecule has 0 amide bonds. The fraction of sp³-hybridized carbons (Fsp3) is 0.943. The van der Waals surface area contributed by atoms with Crippen molar-refractivity contribution in [3.05, 3.63) is 0 Å². The molecular formula is C70H136O17P2. The fourth-order valence-corrected chi connectivity index (χ4v) is 12.0. The van der Waals surface area contributed by atoms with Gasteiger partial charge < -0.3 is 33.8 Å². The molecule has 3 unspecified atom stereocenters. The Morgan fingerprint density at radius 3 is 0.798 bits per heavy atom. The van der Waals surface area contributed by atoms with Gasteiger partial charge in [0.1, 0.15) is 19.3 Å². The van der Waals surface area contributed by atoms with Crippen LogP contribution in [0.4, 0.5) is 0 Å². The molecule has 0 saturated heterocycles. The molecule has 0 spiro atoms. The van der Waals surface area contributed by atoms with Crippen LogP contribution < -0.4 is 0 Å². The molecule has 0 bridgehead atoms. The van der Waals surface area contributed by atoms with Gasteiger partial charge in [0.05, 0.1) is 26.4 Å². The van der Waals surface area contributed by atoms with Gasteiger partial charge in [0, 0.05) is 25.7 Å². The highest BCUT2D eigenvalue weighted by molar-refractivity contribution is 7.47. The summed E-state index contributed by atoms with van der Waals surface area (Å²) in [4.78, 5) is 72.5. The van der Waals surface area contributed by atoms with Gasteiger partial charge in [-0.25, -0.2) is 9.13 Å². The lowest BCUT2D eigenvalue weighted by Crippen LogP contribution is -2.30. The van der Waals surface area contributed by atoms with Crippen LogP contribution >= 0.6 is 15.6 Å². The van der Waals surface area contributed by atoms with E-state index in [-0.39, 0.29) is 25.7 Å². The fourth-order valence-electron chi connectivity index (χ4n) is 10.5. The molecular weight excluding hydrogens is 1170 g/mol. The van der Waals surface area contributed by atoms with Gasteiger partial charge in [-0.05, 0) is 49.4 Å². The molecule has 6 atom stereocenters. The molecule has 0 heterocycles. The molecule has 3 N–H and O–H groups in total. The number of aliphatic hydroxyl groups excluding tert-OH is 1. The van der Waals surface area contributed by atoms with E-state index in [2.05, 4.69) is 55.4 Å². The van der Waals surface area contributed by atoms with Crippen LogP contribution in [-0.4, -0.2) is 96.7 Å². The van der Waals surface area contributed by atoms with Gasteiger partial charge in [-0.2, -0.15) is 0 Å². The average molecular weight is 1310 g/mol. The molecule has 89 heavy (non-hydrogen) atoms. The average Bonchev–Trinajstić information content (AvgIpc) is 3.69. The summed E-state index contributed by atoms with van der Waals surface area (Å²) in [5.74, 6) is 0.844. The minimum absolute atomic E-state index is 0.103. The molecule has 0 aromatic heterocycles. The second-order valence-corrected chi connectivity index (χ2v) is 29.8. The number of phosphoric acid groups is 2. The third kappa shape index (κ3) is 63.2. The molecule has 0 rings (SSSR count). The van der Waals surface area contributed by atoms with Crippen LogP contribution in [0.25, 0.3) is 0 Å². The first-order valence-corrected chi connectivity index (χ1v) is 39.2. The number of ether oxygens (including phenoxy) is 4. The molecule has 19 heteroatoms. The van der Waals surface area contributed by atoms with Crippen LogP contribution in [0.1, 0.15) is 344 Å². The van der Waals surface area contributed by atoms with E-state index >= 15 is 0 Å². The van der Waals surface area contributed by atoms with Crippen molar-refractivity contribution < 1.29 is 80.2 Å². The molecule has 0 aliphatic carbocycles. The molecule has 17 nitrogen and oxygen atoms in total. The minimum Gasteiger partial charge on any atom is -0.462 e. The van der Waals surface area contributed by atoms with Gasteiger partial charge in [0.2, 0.25) is 0 Å². The van der Waals surface area contributed by atoms with Crippen molar-refractivity contribution >= 4 is 39.5 Å². The maximum absolute atomic E-state index is 13.0. The summed E-state index contributed by atoms with van der Waals surface area (Å²) in [6.07, 6.45) is 41.8. The van der Waals surface area contributed by atoms with Gasteiger partial charge >= 0.3 is 39.5 Å². The monoisotopic (exact) mass is 1310 g/mol. The van der Waals surface area contributed by atoms with E-state index in [1.807, 2.05) is 0 Å². The SMILES string of the molecule is CCC(C)CCCCCCCCCCC(=O)O[C@H](COC(=O)CCCCCCCCC(C)C)COP(=O)(O)OC[C@H](O)COP(=O)(O)OC[C@@H](COC(=O)CCCCCCCCCCCCCCCC(C)C)OC(=O)CCCCCCCCCCCC(C)C. The largest absolute Gasteiger partial charge is 0.472 e. The van der Waals surface area contributed by atoms with E-state index in [4.69, 9.17) is 37.0 Å². The second kappa shape index (κ2) is 59.8. The van der Waals surface area contributed by atoms with Crippen LogP contribution in [0.2, 0.25) is 0 Å². The maximum atomic E-state index is 13.0. The summed E-state index contributed by atoms with van der Waals surface area (Å²) in [6, 6.07) is 0. The highest BCUT2D eigenvalue weighted by atomic mass is 31.2. The summed E-state index contributed by atoms with van der Waals surface area (Å²) in [6.45, 7) is 14.1. The molecule has 0 aromatic rings. The summed E-state index contributed by atoms with van der Waals surface area (Å²) in [5.41, 5.74) is 0. The molecule has 528 valence electrons. The Kier molecular flexibility index (Phi) is 58.5. The third-order valence-electron chi connectivity index (χ3n) is 16.4. The highest BCUT2D eigenvalue weighted by Gasteiger charge is 2.30. The first kappa shape index (κ1) is 87.1. The Hall–Kier alpha value is -1.94. The quantitative estimate of drug-likeness (QED) is 0.0222. The number of aliphatic hydroxyl groups is 1. The smallest absolute Gasteiger partial charge is 0.462 e. The van der Waals surface area contributed by atoms with Gasteiger partial charge in [0.25, 0.3) is 0 Å². The number of hydrogen-bond donors (Lipinski definition) is 3. The molecule has 0 aliphatic heterocycles. The minimum atomic E-state index is -4.95. The normalized spacial score (nSPS) is 14.6. The summed E-state index contributed by atoms with van der Waals surface area (Å²) < 4.78 is 68.2. The van der Waals surface area contributed by atoms with E-state index < -0.39 is 97.5 Å². The Bertz CT molecular complexity index is 1770. The molecule has 0 aliphatic rings. The van der Waals surface area contributed by atoms with Crippen LogP contribution in [0, 0.1) is 23.7 Å². The summed E-state index contributed by atoms with van der Waals surface area (Å²) in [5, 5.41) is 10.6. The lowest BCUT2D eigenvalue weighted by atomic mass is 9.99. The van der Waals surface area contributed by atoms with E-state index in [0.717, 1.165) is 114 Å². The second-order valence-electron chi connectivity index (χ2n) is 26.9. The summed E-state index contributed by atoms with van der Waals surface area (Å²) in [7, 11) is -9.90. The van der Waals surface area contributed by atoms with Crippen LogP contribution in [-0.2, 0) is 65.4 Å². The number of rotatable bonds is 67. The zero-order valence-corrected chi connectivity index (χ0v) is 59.8. The van der Waals surface area contributed by atoms with Crippen molar-refractivity contribution in [1.82, 2.24) is 0 Å². The van der Waals surface area contributed by atoms with E-state index in [1.165, 1.54) is 141 Å². The zero-order chi connectivity index (χ0) is 66.1. The lowest BCUT2D eigenvalue weighted by molar-refractivity contribution is -0.161. The third-order valence-corrected chi connectivity index (χ3v) is 18.3. The van der Waals surface area contributed by atoms with Crippen molar-refractivity contribution in [2.75, 3.05) is 39.6 Å². The number of esters is 4. The van der Waals surface area contributed by atoms with Gasteiger partial charge in [-0.1, -0.05) is 293 Å². The molecule has 0 saturated carbocycles. The van der Waals surface area contributed by atoms with Gasteiger partial charge in [0.15, 0.2) is 12.2 Å². The number of hydrogen-bond acceptors (Lipinski definition) is 15. The van der Waals surface area contributed by atoms with Gasteiger partial charge in [-0.15, -0.1) is 0 Å². The van der Waals surface area contributed by atoms with Crippen molar-refractivity contribution in [3.8, 4) is 0 Å². The van der Waals surface area contributed by atoms with E-state index in [0.29, 0.717) is 31.6 Å². The van der Waals surface area contributed by atoms with E-state index in [9.17, 15) is 43.2 Å². The van der Waals surface area contributed by atoms with Crippen LogP contribution in [0.15, 0.2) is 0 Å². The van der Waals surface area contributed by atoms with Gasteiger partial charge in [-0.3, -0.25) is 37.3 Å². The van der Waals surface area contributed by atoms with Crippen molar-refractivity contribution in [2.24, 2.45) is 23.7 Å². The number of unbranched alkanes of at least 4 members (excludes halogenated alkanes) is 32.